The molecule has 0 radical (unpaired) electrons. The summed E-state index contributed by atoms with van der Waals surface area (Å²) < 4.78 is 6.15. The molecule has 106 valence electrons. The van der Waals surface area contributed by atoms with Crippen LogP contribution in [0.25, 0.3) is 0 Å². The van der Waals surface area contributed by atoms with E-state index in [4.69, 9.17) is 10.5 Å². The van der Waals surface area contributed by atoms with Crippen LogP contribution >= 0.6 is 11.8 Å². The Balaban J connectivity index is 2.21. The first-order valence-electron chi connectivity index (χ1n) is 6.85. The molecule has 1 aliphatic rings. The quantitative estimate of drug-likeness (QED) is 0.849. The molecule has 19 heavy (non-hydrogen) atoms. The summed E-state index contributed by atoms with van der Waals surface area (Å²) in [6.07, 6.45) is 3.09. The van der Waals surface area contributed by atoms with E-state index in [1.807, 2.05) is 0 Å². The summed E-state index contributed by atoms with van der Waals surface area (Å²) in [6.45, 7) is 8.61. The van der Waals surface area contributed by atoms with E-state index in [-0.39, 0.29) is 17.2 Å². The first kappa shape index (κ1) is 14.9. The highest BCUT2D eigenvalue weighted by Crippen LogP contribution is 2.46. The number of benzene rings is 1. The van der Waals surface area contributed by atoms with Crippen LogP contribution in [-0.4, -0.2) is 17.5 Å². The minimum Gasteiger partial charge on any atom is -0.369 e. The van der Waals surface area contributed by atoms with Gasteiger partial charge in [0.05, 0.1) is 11.2 Å². The van der Waals surface area contributed by atoms with Gasteiger partial charge < -0.3 is 10.5 Å². The second-order valence-corrected chi connectivity index (χ2v) is 7.45. The van der Waals surface area contributed by atoms with Crippen LogP contribution in [0.15, 0.2) is 29.2 Å². The van der Waals surface area contributed by atoms with Crippen LogP contribution in [0.5, 0.6) is 0 Å². The fourth-order valence-electron chi connectivity index (χ4n) is 3.22. The van der Waals surface area contributed by atoms with E-state index < -0.39 is 0 Å². The molecule has 0 amide bonds. The third-order valence-electron chi connectivity index (χ3n) is 4.08. The zero-order chi connectivity index (χ0) is 14.3. The summed E-state index contributed by atoms with van der Waals surface area (Å²) in [7, 11) is 0. The van der Waals surface area contributed by atoms with Crippen molar-refractivity contribution in [2.24, 2.45) is 11.7 Å². The highest BCUT2D eigenvalue weighted by atomic mass is 32.2. The van der Waals surface area contributed by atoms with E-state index in [0.717, 1.165) is 6.42 Å². The fraction of sp³-hybridized carbons (Fsp3) is 0.625. The topological polar surface area (TPSA) is 35.2 Å². The minimum atomic E-state index is -0.166. The maximum Gasteiger partial charge on any atom is 0.0680 e. The molecule has 0 aromatic heterocycles. The molecule has 0 bridgehead atoms. The van der Waals surface area contributed by atoms with Gasteiger partial charge in [0.15, 0.2) is 0 Å². The lowest BCUT2D eigenvalue weighted by atomic mass is 9.79. The summed E-state index contributed by atoms with van der Waals surface area (Å²) in [6, 6.07) is 8.63. The maximum absolute atomic E-state index is 6.50. The Bertz CT molecular complexity index is 439. The molecule has 3 heteroatoms. The number of hydrogen-bond acceptors (Lipinski definition) is 3. The van der Waals surface area contributed by atoms with Crippen LogP contribution in [0, 0.1) is 5.92 Å². The standard InChI is InChI=1S/C16H25NOS/c1-15(2)10-13(16(3,4)18-15)14(17)11-6-8-12(19-5)9-7-11/h6-9,13-14H,10,17H2,1-5H3. The first-order valence-corrected chi connectivity index (χ1v) is 8.07. The number of hydrogen-bond donors (Lipinski definition) is 1. The molecule has 1 fully saturated rings. The molecule has 1 heterocycles. The van der Waals surface area contributed by atoms with Crippen LogP contribution in [-0.2, 0) is 4.74 Å². The summed E-state index contributed by atoms with van der Waals surface area (Å²) in [4.78, 5) is 1.28. The van der Waals surface area contributed by atoms with E-state index in [2.05, 4.69) is 58.2 Å². The first-order chi connectivity index (χ1) is 8.75. The Morgan fingerprint density at radius 2 is 1.79 bits per heavy atom. The van der Waals surface area contributed by atoms with Gasteiger partial charge in [0.2, 0.25) is 0 Å². The van der Waals surface area contributed by atoms with E-state index >= 15 is 0 Å². The van der Waals surface area contributed by atoms with E-state index in [1.165, 1.54) is 10.5 Å². The molecular formula is C16H25NOS. The van der Waals surface area contributed by atoms with Gasteiger partial charge in [-0.1, -0.05) is 12.1 Å². The van der Waals surface area contributed by atoms with Gasteiger partial charge in [-0.15, -0.1) is 11.8 Å². The van der Waals surface area contributed by atoms with E-state index in [0.29, 0.717) is 5.92 Å². The minimum absolute atomic E-state index is 0.0349. The highest BCUT2D eigenvalue weighted by molar-refractivity contribution is 7.98. The molecule has 2 nitrogen and oxygen atoms in total. The third kappa shape index (κ3) is 3.15. The Kier molecular flexibility index (Phi) is 4.01. The molecule has 1 aromatic carbocycles. The average Bonchev–Trinajstić information content (AvgIpc) is 2.56. The van der Waals surface area contributed by atoms with Crippen LogP contribution in [0.4, 0.5) is 0 Å². The fourth-order valence-corrected chi connectivity index (χ4v) is 3.63. The van der Waals surface area contributed by atoms with Crippen molar-refractivity contribution < 1.29 is 4.74 Å². The summed E-state index contributed by atoms with van der Waals surface area (Å²) in [5.74, 6) is 0.350. The van der Waals surface area contributed by atoms with Crippen molar-refractivity contribution >= 4 is 11.8 Å². The van der Waals surface area contributed by atoms with Crippen molar-refractivity contribution in [3.63, 3.8) is 0 Å². The number of nitrogens with two attached hydrogens (primary N) is 1. The zero-order valence-corrected chi connectivity index (χ0v) is 13.4. The Hall–Kier alpha value is -0.510. The second-order valence-electron chi connectivity index (χ2n) is 6.57. The largest absolute Gasteiger partial charge is 0.369 e. The molecule has 2 atom stereocenters. The van der Waals surface area contributed by atoms with Crippen LogP contribution in [0.2, 0.25) is 0 Å². The number of ether oxygens (including phenoxy) is 1. The molecule has 0 spiro atoms. The molecule has 2 unspecified atom stereocenters. The van der Waals surface area contributed by atoms with Gasteiger partial charge in [0, 0.05) is 16.9 Å². The van der Waals surface area contributed by atoms with Crippen molar-refractivity contribution in [3.05, 3.63) is 29.8 Å². The number of rotatable bonds is 3. The van der Waals surface area contributed by atoms with Gasteiger partial charge in [0.25, 0.3) is 0 Å². The number of thioether (sulfide) groups is 1. The molecule has 1 saturated heterocycles. The second kappa shape index (κ2) is 5.12. The van der Waals surface area contributed by atoms with Crippen LogP contribution in [0.3, 0.4) is 0 Å². The Morgan fingerprint density at radius 3 is 2.21 bits per heavy atom. The normalized spacial score (nSPS) is 26.3. The highest BCUT2D eigenvalue weighted by Gasteiger charge is 2.48. The SMILES string of the molecule is CSc1ccc(C(N)C2CC(C)(C)OC2(C)C)cc1. The third-order valence-corrected chi connectivity index (χ3v) is 4.82. The predicted molar refractivity (Wildman–Crippen MR) is 82.5 cm³/mol. The molecular weight excluding hydrogens is 254 g/mol. The van der Waals surface area contributed by atoms with Gasteiger partial charge >= 0.3 is 0 Å². The smallest absolute Gasteiger partial charge is 0.0680 e. The Labute approximate surface area is 121 Å². The van der Waals surface area contributed by atoms with E-state index in [9.17, 15) is 0 Å². The summed E-state index contributed by atoms with van der Waals surface area (Å²) >= 11 is 1.76. The lowest BCUT2D eigenvalue weighted by Gasteiger charge is -2.31. The molecule has 0 saturated carbocycles. The molecule has 1 aromatic rings. The van der Waals surface area contributed by atoms with Crippen LogP contribution in [0.1, 0.15) is 45.7 Å². The Morgan fingerprint density at radius 1 is 1.21 bits per heavy atom. The summed E-state index contributed by atoms with van der Waals surface area (Å²) in [5, 5.41) is 0. The van der Waals surface area contributed by atoms with Crippen molar-refractivity contribution in [3.8, 4) is 0 Å². The van der Waals surface area contributed by atoms with Crippen molar-refractivity contribution in [1.29, 1.82) is 0 Å². The van der Waals surface area contributed by atoms with Gasteiger partial charge in [-0.05, 0) is 58.1 Å². The van der Waals surface area contributed by atoms with Crippen LogP contribution < -0.4 is 5.73 Å². The predicted octanol–water partition coefficient (Wildman–Crippen LogP) is 4.00. The van der Waals surface area contributed by atoms with Gasteiger partial charge in [0.1, 0.15) is 0 Å². The molecule has 1 aliphatic heterocycles. The van der Waals surface area contributed by atoms with Crippen molar-refractivity contribution in [2.75, 3.05) is 6.26 Å². The molecule has 2 rings (SSSR count). The average molecular weight is 279 g/mol. The van der Waals surface area contributed by atoms with Crippen molar-refractivity contribution in [2.45, 2.75) is 56.3 Å². The molecule has 2 N–H and O–H groups in total. The zero-order valence-electron chi connectivity index (χ0n) is 12.6. The maximum atomic E-state index is 6.50. The van der Waals surface area contributed by atoms with Gasteiger partial charge in [-0.3, -0.25) is 0 Å². The lowest BCUT2D eigenvalue weighted by Crippen LogP contribution is -2.35. The van der Waals surface area contributed by atoms with Gasteiger partial charge in [-0.2, -0.15) is 0 Å². The monoisotopic (exact) mass is 279 g/mol. The lowest BCUT2D eigenvalue weighted by molar-refractivity contribution is -0.0767. The van der Waals surface area contributed by atoms with Gasteiger partial charge in [-0.25, -0.2) is 0 Å². The summed E-state index contributed by atoms with van der Waals surface area (Å²) in [5.41, 5.74) is 7.46. The van der Waals surface area contributed by atoms with E-state index in [1.54, 1.807) is 11.8 Å². The van der Waals surface area contributed by atoms with Crippen molar-refractivity contribution in [1.82, 2.24) is 0 Å². The molecule has 0 aliphatic carbocycles.